The number of hydrogen-bond acceptors (Lipinski definition) is 3. The van der Waals surface area contributed by atoms with Crippen LogP contribution in [-0.2, 0) is 4.79 Å². The molecule has 0 bridgehead atoms. The van der Waals surface area contributed by atoms with Crippen molar-refractivity contribution in [3.8, 4) is 6.07 Å². The van der Waals surface area contributed by atoms with E-state index in [2.05, 4.69) is 0 Å². The van der Waals surface area contributed by atoms with Crippen LogP contribution in [0.4, 0.5) is 0 Å². The predicted molar refractivity (Wildman–Crippen MR) is 55.6 cm³/mol. The van der Waals surface area contributed by atoms with Crippen LogP contribution in [0.2, 0.25) is 0 Å². The Morgan fingerprint density at radius 3 is 2.43 bits per heavy atom. The van der Waals surface area contributed by atoms with Crippen molar-refractivity contribution in [3.05, 3.63) is 0 Å². The van der Waals surface area contributed by atoms with Gasteiger partial charge in [0, 0.05) is 13.1 Å². The minimum Gasteiger partial charge on any atom is -0.342 e. The summed E-state index contributed by atoms with van der Waals surface area (Å²) in [5.41, 5.74) is 0. The second kappa shape index (κ2) is 6.39. The van der Waals surface area contributed by atoms with Crippen LogP contribution in [-0.4, -0.2) is 48.4 Å². The summed E-state index contributed by atoms with van der Waals surface area (Å²) in [7, 11) is 1.78. The third-order valence-corrected chi connectivity index (χ3v) is 2.27. The van der Waals surface area contributed by atoms with Crippen LogP contribution < -0.4 is 0 Å². The highest BCUT2D eigenvalue weighted by atomic mass is 16.2. The summed E-state index contributed by atoms with van der Waals surface area (Å²) in [6.45, 7) is 7.26. The molecule has 4 nitrogen and oxygen atoms in total. The molecular formula is C10H19N3O. The standard InChI is InChI=1S/C10H19N3O/c1-5-13(7-6-11)8-10(14)12(4)9(2)3/h9H,5,7-8H2,1-4H3. The van der Waals surface area contributed by atoms with Crippen LogP contribution in [0.5, 0.6) is 0 Å². The lowest BCUT2D eigenvalue weighted by Gasteiger charge is -2.24. The summed E-state index contributed by atoms with van der Waals surface area (Å²) in [6, 6.07) is 2.26. The van der Waals surface area contributed by atoms with E-state index in [1.54, 1.807) is 11.9 Å². The van der Waals surface area contributed by atoms with Gasteiger partial charge in [0.2, 0.25) is 5.91 Å². The molecule has 0 atom stereocenters. The van der Waals surface area contributed by atoms with Gasteiger partial charge in [-0.2, -0.15) is 5.26 Å². The minimum absolute atomic E-state index is 0.0668. The smallest absolute Gasteiger partial charge is 0.236 e. The van der Waals surface area contributed by atoms with Gasteiger partial charge < -0.3 is 4.90 Å². The average molecular weight is 197 g/mol. The summed E-state index contributed by atoms with van der Waals surface area (Å²) in [5.74, 6) is 0.0668. The van der Waals surface area contributed by atoms with Gasteiger partial charge in [-0.1, -0.05) is 6.92 Å². The minimum atomic E-state index is 0.0668. The van der Waals surface area contributed by atoms with Gasteiger partial charge in [0.15, 0.2) is 0 Å². The van der Waals surface area contributed by atoms with Crippen molar-refractivity contribution in [2.75, 3.05) is 26.7 Å². The van der Waals surface area contributed by atoms with E-state index in [1.165, 1.54) is 0 Å². The molecule has 0 heterocycles. The van der Waals surface area contributed by atoms with Gasteiger partial charge in [0.05, 0.1) is 19.2 Å². The van der Waals surface area contributed by atoms with Gasteiger partial charge in [0.25, 0.3) is 0 Å². The third kappa shape index (κ3) is 4.24. The Morgan fingerprint density at radius 1 is 1.50 bits per heavy atom. The monoisotopic (exact) mass is 197 g/mol. The van der Waals surface area contributed by atoms with E-state index >= 15 is 0 Å². The molecule has 0 spiro atoms. The third-order valence-electron chi connectivity index (χ3n) is 2.27. The molecule has 0 aliphatic heterocycles. The first-order chi connectivity index (χ1) is 6.52. The lowest BCUT2D eigenvalue weighted by Crippen LogP contribution is -2.41. The summed E-state index contributed by atoms with van der Waals surface area (Å²) in [6.07, 6.45) is 0. The lowest BCUT2D eigenvalue weighted by atomic mass is 10.3. The van der Waals surface area contributed by atoms with Crippen LogP contribution in [0, 0.1) is 11.3 Å². The Morgan fingerprint density at radius 2 is 2.07 bits per heavy atom. The van der Waals surface area contributed by atoms with Gasteiger partial charge in [0.1, 0.15) is 0 Å². The number of likely N-dealkylation sites (N-methyl/N-ethyl adjacent to an activating group) is 2. The Bertz CT molecular complexity index is 220. The molecule has 0 aromatic carbocycles. The SMILES string of the molecule is CCN(CC#N)CC(=O)N(C)C(C)C. The quantitative estimate of drug-likeness (QED) is 0.609. The molecule has 0 aromatic rings. The Hall–Kier alpha value is -1.08. The van der Waals surface area contributed by atoms with Crippen molar-refractivity contribution in [2.24, 2.45) is 0 Å². The first-order valence-corrected chi connectivity index (χ1v) is 4.87. The van der Waals surface area contributed by atoms with Crippen LogP contribution in [0.25, 0.3) is 0 Å². The molecule has 0 saturated heterocycles. The Balaban J connectivity index is 4.09. The molecule has 0 fully saturated rings. The first kappa shape index (κ1) is 12.9. The molecule has 0 N–H and O–H groups in total. The number of nitriles is 1. The number of hydrogen-bond donors (Lipinski definition) is 0. The normalized spacial score (nSPS) is 10.4. The number of nitrogens with zero attached hydrogens (tertiary/aromatic N) is 3. The number of rotatable bonds is 5. The molecule has 0 unspecified atom stereocenters. The van der Waals surface area contributed by atoms with Crippen molar-refractivity contribution in [2.45, 2.75) is 26.8 Å². The van der Waals surface area contributed by atoms with E-state index in [0.717, 1.165) is 6.54 Å². The topological polar surface area (TPSA) is 47.3 Å². The maximum Gasteiger partial charge on any atom is 0.236 e. The van der Waals surface area contributed by atoms with Crippen LogP contribution in [0.15, 0.2) is 0 Å². The van der Waals surface area contributed by atoms with Crippen molar-refractivity contribution in [1.82, 2.24) is 9.80 Å². The van der Waals surface area contributed by atoms with Gasteiger partial charge in [-0.3, -0.25) is 9.69 Å². The molecule has 0 aliphatic carbocycles. The van der Waals surface area contributed by atoms with E-state index in [4.69, 9.17) is 5.26 Å². The first-order valence-electron chi connectivity index (χ1n) is 4.87. The lowest BCUT2D eigenvalue weighted by molar-refractivity contribution is -0.132. The highest BCUT2D eigenvalue weighted by Gasteiger charge is 2.14. The summed E-state index contributed by atoms with van der Waals surface area (Å²) >= 11 is 0. The fraction of sp³-hybridized carbons (Fsp3) is 0.800. The summed E-state index contributed by atoms with van der Waals surface area (Å²) < 4.78 is 0. The molecule has 0 rings (SSSR count). The van der Waals surface area contributed by atoms with Crippen LogP contribution in [0.1, 0.15) is 20.8 Å². The number of carbonyl (C=O) groups excluding carboxylic acids is 1. The number of amides is 1. The fourth-order valence-corrected chi connectivity index (χ4v) is 0.970. The van der Waals surface area contributed by atoms with E-state index < -0.39 is 0 Å². The molecule has 1 amide bonds. The van der Waals surface area contributed by atoms with Crippen molar-refractivity contribution in [1.29, 1.82) is 5.26 Å². The van der Waals surface area contributed by atoms with Crippen molar-refractivity contribution >= 4 is 5.91 Å². The summed E-state index contributed by atoms with van der Waals surface area (Å²) in [4.78, 5) is 15.1. The molecule has 0 radical (unpaired) electrons. The number of carbonyl (C=O) groups is 1. The maximum absolute atomic E-state index is 11.6. The molecule has 0 aliphatic rings. The molecule has 4 heteroatoms. The van der Waals surface area contributed by atoms with E-state index in [9.17, 15) is 4.79 Å². The molecular weight excluding hydrogens is 178 g/mol. The maximum atomic E-state index is 11.6. The zero-order valence-electron chi connectivity index (χ0n) is 9.45. The Labute approximate surface area is 86.1 Å². The second-order valence-electron chi connectivity index (χ2n) is 3.56. The molecule has 0 aromatic heterocycles. The average Bonchev–Trinajstić information content (AvgIpc) is 2.15. The van der Waals surface area contributed by atoms with Gasteiger partial charge in [-0.05, 0) is 20.4 Å². The van der Waals surface area contributed by atoms with Crippen molar-refractivity contribution in [3.63, 3.8) is 0 Å². The second-order valence-corrected chi connectivity index (χ2v) is 3.56. The highest BCUT2D eigenvalue weighted by molar-refractivity contribution is 5.78. The molecule has 14 heavy (non-hydrogen) atoms. The van der Waals surface area contributed by atoms with E-state index in [0.29, 0.717) is 13.1 Å². The molecule has 0 saturated carbocycles. The van der Waals surface area contributed by atoms with Gasteiger partial charge >= 0.3 is 0 Å². The predicted octanol–water partition coefficient (Wildman–Crippen LogP) is 0.699. The van der Waals surface area contributed by atoms with Crippen LogP contribution in [0.3, 0.4) is 0 Å². The van der Waals surface area contributed by atoms with Crippen molar-refractivity contribution < 1.29 is 4.79 Å². The Kier molecular flexibility index (Phi) is 5.89. The van der Waals surface area contributed by atoms with E-state index in [1.807, 2.05) is 31.7 Å². The highest BCUT2D eigenvalue weighted by Crippen LogP contribution is 1.96. The largest absolute Gasteiger partial charge is 0.342 e. The van der Waals surface area contributed by atoms with Gasteiger partial charge in [-0.15, -0.1) is 0 Å². The van der Waals surface area contributed by atoms with E-state index in [-0.39, 0.29) is 11.9 Å². The summed E-state index contributed by atoms with van der Waals surface area (Å²) in [5, 5.41) is 8.51. The zero-order valence-corrected chi connectivity index (χ0v) is 9.45. The zero-order chi connectivity index (χ0) is 11.1. The van der Waals surface area contributed by atoms with Gasteiger partial charge in [-0.25, -0.2) is 0 Å². The fourth-order valence-electron chi connectivity index (χ4n) is 0.970. The molecule has 80 valence electrons. The van der Waals surface area contributed by atoms with Crippen LogP contribution >= 0.6 is 0 Å².